The molecule has 3 atom stereocenters. The van der Waals surface area contributed by atoms with Gasteiger partial charge in [-0.15, -0.1) is 10.2 Å². The Hall–Kier alpha value is -3.33. The van der Waals surface area contributed by atoms with Crippen LogP contribution in [0.15, 0.2) is 36.7 Å². The zero-order valence-corrected chi connectivity index (χ0v) is 18.4. The van der Waals surface area contributed by atoms with E-state index in [1.807, 2.05) is 12.1 Å². The molecule has 2 fully saturated rings. The van der Waals surface area contributed by atoms with Crippen molar-refractivity contribution in [3.63, 3.8) is 0 Å². The summed E-state index contributed by atoms with van der Waals surface area (Å²) in [5.74, 6) is 0.966. The quantitative estimate of drug-likeness (QED) is 0.625. The van der Waals surface area contributed by atoms with Crippen LogP contribution in [0.3, 0.4) is 0 Å². The highest BCUT2D eigenvalue weighted by Gasteiger charge is 2.49. The number of hydrogen-bond donors (Lipinski definition) is 2. The zero-order chi connectivity index (χ0) is 22.3. The fourth-order valence-electron chi connectivity index (χ4n) is 4.98. The maximum absolute atomic E-state index is 10.6. The van der Waals surface area contributed by atoms with Crippen LogP contribution in [-0.4, -0.2) is 54.5 Å². The van der Waals surface area contributed by atoms with Gasteiger partial charge in [0.05, 0.1) is 12.8 Å². The average molecular weight is 435 g/mol. The molecule has 2 saturated heterocycles. The average Bonchev–Trinajstić information content (AvgIpc) is 3.01. The minimum absolute atomic E-state index is 0.0561. The van der Waals surface area contributed by atoms with Crippen molar-refractivity contribution in [2.24, 2.45) is 0 Å². The van der Waals surface area contributed by atoms with E-state index in [4.69, 9.17) is 9.47 Å². The lowest BCUT2D eigenvalue weighted by molar-refractivity contribution is 0.0754. The Balaban J connectivity index is 1.32. The summed E-state index contributed by atoms with van der Waals surface area (Å²) < 4.78 is 11.2. The van der Waals surface area contributed by atoms with E-state index in [2.05, 4.69) is 44.3 Å². The third kappa shape index (κ3) is 3.95. The molecule has 2 bridgehead atoms. The molecule has 9 heteroatoms. The summed E-state index contributed by atoms with van der Waals surface area (Å²) in [6, 6.07) is 8.98. The number of fused-ring (bicyclic) bond motifs is 2. The van der Waals surface area contributed by atoms with E-state index in [1.165, 1.54) is 26.3 Å². The molecule has 0 unspecified atom stereocenters. The number of aromatic nitrogens is 5. The van der Waals surface area contributed by atoms with Crippen molar-refractivity contribution in [3.05, 3.63) is 36.7 Å². The monoisotopic (exact) mass is 434 g/mol. The molecule has 2 aromatic heterocycles. The Morgan fingerprint density at radius 1 is 1.03 bits per heavy atom. The molecule has 0 saturated carbocycles. The molecular formula is C23H26N6O3. The largest absolute Gasteiger partial charge is 0.507 e. The van der Waals surface area contributed by atoms with Crippen LogP contribution < -0.4 is 14.8 Å². The zero-order valence-electron chi connectivity index (χ0n) is 18.4. The number of hydrogen-bond acceptors (Lipinski definition) is 9. The van der Waals surface area contributed by atoms with Gasteiger partial charge in [-0.3, -0.25) is 0 Å². The maximum Gasteiger partial charge on any atom is 0.319 e. The molecule has 32 heavy (non-hydrogen) atoms. The smallest absolute Gasteiger partial charge is 0.319 e. The Kier molecular flexibility index (Phi) is 4.93. The van der Waals surface area contributed by atoms with E-state index in [0.29, 0.717) is 28.5 Å². The van der Waals surface area contributed by atoms with Crippen LogP contribution >= 0.6 is 0 Å². The van der Waals surface area contributed by atoms with E-state index >= 15 is 0 Å². The highest BCUT2D eigenvalue weighted by molar-refractivity contribution is 5.71. The number of methoxy groups -OCH3 is 1. The molecule has 4 heterocycles. The Morgan fingerprint density at radius 3 is 2.47 bits per heavy atom. The lowest BCUT2D eigenvalue weighted by Crippen LogP contribution is -2.56. The second-order valence-corrected chi connectivity index (χ2v) is 9.18. The van der Waals surface area contributed by atoms with Crippen molar-refractivity contribution in [3.8, 4) is 40.3 Å². The van der Waals surface area contributed by atoms with Gasteiger partial charge in [-0.1, -0.05) is 6.07 Å². The van der Waals surface area contributed by atoms with Gasteiger partial charge in [0, 0.05) is 41.1 Å². The lowest BCUT2D eigenvalue weighted by Gasteiger charge is -2.41. The summed E-state index contributed by atoms with van der Waals surface area (Å²) in [7, 11) is 1.49. The summed E-state index contributed by atoms with van der Waals surface area (Å²) in [5.41, 5.74) is 2.01. The molecule has 0 radical (unpaired) electrons. The first-order valence-electron chi connectivity index (χ1n) is 10.7. The summed E-state index contributed by atoms with van der Waals surface area (Å²) >= 11 is 0. The predicted octanol–water partition coefficient (Wildman–Crippen LogP) is 3.15. The molecule has 1 aromatic carbocycles. The molecule has 166 valence electrons. The second-order valence-electron chi connectivity index (χ2n) is 9.18. The van der Waals surface area contributed by atoms with Gasteiger partial charge in [0.2, 0.25) is 5.88 Å². The molecule has 5 rings (SSSR count). The molecule has 2 N–H and O–H groups in total. The summed E-state index contributed by atoms with van der Waals surface area (Å²) in [4.78, 5) is 12.2. The first kappa shape index (κ1) is 20.6. The van der Waals surface area contributed by atoms with Gasteiger partial charge in [0.25, 0.3) is 0 Å². The first-order valence-corrected chi connectivity index (χ1v) is 10.7. The topological polar surface area (TPSA) is 115 Å². The van der Waals surface area contributed by atoms with Gasteiger partial charge < -0.3 is 19.9 Å². The molecule has 9 nitrogen and oxygen atoms in total. The van der Waals surface area contributed by atoms with Crippen molar-refractivity contribution in [2.45, 2.75) is 56.7 Å². The predicted molar refractivity (Wildman–Crippen MR) is 117 cm³/mol. The van der Waals surface area contributed by atoms with Crippen molar-refractivity contribution < 1.29 is 14.6 Å². The summed E-state index contributed by atoms with van der Waals surface area (Å²) in [5, 5.41) is 22.9. The third-order valence-corrected chi connectivity index (χ3v) is 6.38. The summed E-state index contributed by atoms with van der Waals surface area (Å²) in [6.45, 7) is 4.53. The fourth-order valence-corrected chi connectivity index (χ4v) is 4.98. The number of piperidine rings is 1. The molecule has 0 spiro atoms. The number of phenols is 1. The van der Waals surface area contributed by atoms with E-state index in [0.717, 1.165) is 12.8 Å². The van der Waals surface area contributed by atoms with Gasteiger partial charge >= 0.3 is 6.01 Å². The number of phenolic OH excluding ortho intramolecular Hbond substituents is 1. The molecule has 0 aliphatic carbocycles. The van der Waals surface area contributed by atoms with E-state index in [-0.39, 0.29) is 28.9 Å². The van der Waals surface area contributed by atoms with Crippen molar-refractivity contribution in [1.82, 2.24) is 30.5 Å². The Morgan fingerprint density at radius 2 is 1.81 bits per heavy atom. The Labute approximate surface area is 186 Å². The normalized spacial score (nSPS) is 26.7. The van der Waals surface area contributed by atoms with Crippen molar-refractivity contribution >= 4 is 0 Å². The number of benzene rings is 1. The lowest BCUT2D eigenvalue weighted by atomic mass is 9.86. The molecule has 2 aliphatic heterocycles. The molecule has 3 aromatic rings. The van der Waals surface area contributed by atoms with Crippen LogP contribution in [0.5, 0.6) is 17.6 Å². The van der Waals surface area contributed by atoms with Crippen LogP contribution in [0, 0.1) is 0 Å². The SMILES string of the molecule is COc1ncnc(-c2ccc(-c3ccc(O[C@H]4C[C@]5(C)CC[C@](C)(C4)N5)nn3)c(O)c2)n1. The van der Waals surface area contributed by atoms with Crippen LogP contribution in [0.1, 0.15) is 39.5 Å². The first-order chi connectivity index (χ1) is 15.3. The summed E-state index contributed by atoms with van der Waals surface area (Å²) in [6.07, 6.45) is 5.72. The number of nitrogens with zero attached hydrogens (tertiary/aromatic N) is 5. The van der Waals surface area contributed by atoms with E-state index < -0.39 is 0 Å². The van der Waals surface area contributed by atoms with Gasteiger partial charge in [0.15, 0.2) is 5.82 Å². The highest BCUT2D eigenvalue weighted by Crippen LogP contribution is 2.43. The second kappa shape index (κ2) is 7.67. The number of ether oxygens (including phenoxy) is 2. The third-order valence-electron chi connectivity index (χ3n) is 6.38. The minimum atomic E-state index is 0.0561. The van der Waals surface area contributed by atoms with Crippen molar-refractivity contribution in [1.29, 1.82) is 0 Å². The number of rotatable bonds is 5. The van der Waals surface area contributed by atoms with Crippen LogP contribution in [-0.2, 0) is 0 Å². The van der Waals surface area contributed by atoms with Gasteiger partial charge in [-0.25, -0.2) is 4.98 Å². The number of aromatic hydroxyl groups is 1. The van der Waals surface area contributed by atoms with E-state index in [1.54, 1.807) is 18.2 Å². The molecule has 0 amide bonds. The van der Waals surface area contributed by atoms with Crippen LogP contribution in [0.25, 0.3) is 22.6 Å². The van der Waals surface area contributed by atoms with Gasteiger partial charge in [-0.2, -0.15) is 9.97 Å². The van der Waals surface area contributed by atoms with Crippen LogP contribution in [0.2, 0.25) is 0 Å². The fraction of sp³-hybridized carbons (Fsp3) is 0.435. The van der Waals surface area contributed by atoms with Crippen molar-refractivity contribution in [2.75, 3.05) is 7.11 Å². The minimum Gasteiger partial charge on any atom is -0.507 e. The Bertz CT molecular complexity index is 1120. The van der Waals surface area contributed by atoms with Gasteiger partial charge in [-0.05, 0) is 44.9 Å². The standard InChI is InChI=1S/C23H26N6O3/c1-22-8-9-23(2,29-22)12-15(11-22)32-19-7-6-17(27-28-19)16-5-4-14(10-18(16)30)20-24-13-25-21(26-20)31-3/h4-7,10,13,15,29-30H,8-9,11-12H2,1-3H3/t15-,22-,23+. The van der Waals surface area contributed by atoms with Crippen LogP contribution in [0.4, 0.5) is 0 Å². The molecule has 2 aliphatic rings. The molecular weight excluding hydrogens is 408 g/mol. The van der Waals surface area contributed by atoms with Gasteiger partial charge in [0.1, 0.15) is 18.2 Å². The highest BCUT2D eigenvalue weighted by atomic mass is 16.5. The number of nitrogens with one attached hydrogen (secondary N) is 1. The van der Waals surface area contributed by atoms with E-state index in [9.17, 15) is 5.11 Å². The maximum atomic E-state index is 10.6.